The molecule has 0 unspecified atom stereocenters. The molecular formula is C14H9BrF4O2. The van der Waals surface area contributed by atoms with E-state index in [0.29, 0.717) is 4.47 Å². The van der Waals surface area contributed by atoms with Gasteiger partial charge >= 0.3 is 6.18 Å². The van der Waals surface area contributed by atoms with E-state index in [9.17, 15) is 17.6 Å². The lowest BCUT2D eigenvalue weighted by molar-refractivity contribution is -0.138. The molecule has 0 atom stereocenters. The summed E-state index contributed by atoms with van der Waals surface area (Å²) in [6.07, 6.45) is -4.63. The van der Waals surface area contributed by atoms with Crippen LogP contribution in [0.1, 0.15) is 11.1 Å². The van der Waals surface area contributed by atoms with Crippen LogP contribution in [-0.2, 0) is 12.8 Å². The minimum Gasteiger partial charge on any atom is -0.454 e. The van der Waals surface area contributed by atoms with Crippen molar-refractivity contribution >= 4 is 15.9 Å². The monoisotopic (exact) mass is 364 g/mol. The predicted octanol–water partition coefficient (Wildman–Crippen LogP) is 4.89. The Hall–Kier alpha value is -1.60. The van der Waals surface area contributed by atoms with Crippen LogP contribution in [0.3, 0.4) is 0 Å². The zero-order valence-electron chi connectivity index (χ0n) is 10.4. The molecule has 112 valence electrons. The molecule has 0 amide bonds. The van der Waals surface area contributed by atoms with E-state index >= 15 is 0 Å². The summed E-state index contributed by atoms with van der Waals surface area (Å²) in [5, 5.41) is 8.93. The molecule has 0 aromatic heterocycles. The van der Waals surface area contributed by atoms with Crippen molar-refractivity contribution in [2.45, 2.75) is 12.8 Å². The SMILES string of the molecule is OCc1ccc(Oc2ccc(Br)cc2F)cc1C(F)(F)F. The Morgan fingerprint density at radius 2 is 1.81 bits per heavy atom. The first kappa shape index (κ1) is 15.8. The number of rotatable bonds is 3. The molecular weight excluding hydrogens is 356 g/mol. The van der Waals surface area contributed by atoms with Crippen LogP contribution >= 0.6 is 15.9 Å². The number of hydrogen-bond acceptors (Lipinski definition) is 2. The Morgan fingerprint density at radius 3 is 2.38 bits per heavy atom. The smallest absolute Gasteiger partial charge is 0.416 e. The Bertz CT molecular complexity index is 656. The third kappa shape index (κ3) is 3.74. The Morgan fingerprint density at radius 1 is 1.10 bits per heavy atom. The van der Waals surface area contributed by atoms with Crippen LogP contribution in [-0.4, -0.2) is 5.11 Å². The van der Waals surface area contributed by atoms with E-state index in [4.69, 9.17) is 9.84 Å². The molecule has 2 nitrogen and oxygen atoms in total. The van der Waals surface area contributed by atoms with Gasteiger partial charge in [-0.25, -0.2) is 4.39 Å². The molecule has 2 rings (SSSR count). The number of aliphatic hydroxyl groups is 1. The van der Waals surface area contributed by atoms with E-state index in [1.807, 2.05) is 0 Å². The first-order valence-corrected chi connectivity index (χ1v) is 6.54. The molecule has 0 aliphatic rings. The van der Waals surface area contributed by atoms with Crippen molar-refractivity contribution in [3.63, 3.8) is 0 Å². The lowest BCUT2D eigenvalue weighted by atomic mass is 10.1. The van der Waals surface area contributed by atoms with E-state index < -0.39 is 24.2 Å². The van der Waals surface area contributed by atoms with Crippen LogP contribution < -0.4 is 4.74 Å². The number of benzene rings is 2. The van der Waals surface area contributed by atoms with Crippen molar-refractivity contribution in [2.24, 2.45) is 0 Å². The van der Waals surface area contributed by atoms with Crippen molar-refractivity contribution in [1.29, 1.82) is 0 Å². The largest absolute Gasteiger partial charge is 0.454 e. The molecule has 0 spiro atoms. The summed E-state index contributed by atoms with van der Waals surface area (Å²) < 4.78 is 57.7. The standard InChI is InChI=1S/C14H9BrF4O2/c15-9-2-4-13(12(16)5-9)21-10-3-1-8(7-20)11(6-10)14(17,18)19/h1-6,20H,7H2. The van der Waals surface area contributed by atoms with Gasteiger partial charge in [-0.3, -0.25) is 0 Å². The maximum Gasteiger partial charge on any atom is 0.416 e. The predicted molar refractivity (Wildman–Crippen MR) is 71.5 cm³/mol. The van der Waals surface area contributed by atoms with Crippen LogP contribution in [0, 0.1) is 5.82 Å². The fourth-order valence-electron chi connectivity index (χ4n) is 1.71. The normalized spacial score (nSPS) is 11.5. The second kappa shape index (κ2) is 6.03. The first-order chi connectivity index (χ1) is 9.81. The van der Waals surface area contributed by atoms with Gasteiger partial charge < -0.3 is 9.84 Å². The molecule has 0 fully saturated rings. The first-order valence-electron chi connectivity index (χ1n) is 5.75. The molecule has 2 aromatic carbocycles. The zero-order valence-corrected chi connectivity index (χ0v) is 12.0. The Balaban J connectivity index is 2.37. The van der Waals surface area contributed by atoms with Gasteiger partial charge in [-0.1, -0.05) is 22.0 Å². The van der Waals surface area contributed by atoms with Crippen molar-refractivity contribution in [3.8, 4) is 11.5 Å². The molecule has 21 heavy (non-hydrogen) atoms. The topological polar surface area (TPSA) is 29.5 Å². The van der Waals surface area contributed by atoms with E-state index in [1.165, 1.54) is 18.2 Å². The Kier molecular flexibility index (Phi) is 4.53. The van der Waals surface area contributed by atoms with Gasteiger partial charge in [-0.2, -0.15) is 13.2 Å². The van der Waals surface area contributed by atoms with Crippen molar-refractivity contribution in [1.82, 2.24) is 0 Å². The molecule has 0 bridgehead atoms. The van der Waals surface area contributed by atoms with Crippen molar-refractivity contribution in [2.75, 3.05) is 0 Å². The highest BCUT2D eigenvalue weighted by molar-refractivity contribution is 9.10. The summed E-state index contributed by atoms with van der Waals surface area (Å²) >= 11 is 3.07. The molecule has 0 aliphatic carbocycles. The number of alkyl halides is 3. The van der Waals surface area contributed by atoms with Gasteiger partial charge in [0.05, 0.1) is 12.2 Å². The van der Waals surface area contributed by atoms with Gasteiger partial charge in [-0.15, -0.1) is 0 Å². The molecule has 0 aliphatic heterocycles. The highest BCUT2D eigenvalue weighted by Crippen LogP contribution is 2.36. The molecule has 7 heteroatoms. The summed E-state index contributed by atoms with van der Waals surface area (Å²) in [7, 11) is 0. The van der Waals surface area contributed by atoms with Gasteiger partial charge in [0.15, 0.2) is 11.6 Å². The summed E-state index contributed by atoms with van der Waals surface area (Å²) in [5.41, 5.74) is -1.29. The van der Waals surface area contributed by atoms with E-state index in [2.05, 4.69) is 15.9 Å². The maximum absolute atomic E-state index is 13.6. The molecule has 0 heterocycles. The average Bonchev–Trinajstić information content (AvgIpc) is 2.41. The summed E-state index contributed by atoms with van der Waals surface area (Å²) in [6, 6.07) is 7.00. The van der Waals surface area contributed by atoms with Crippen LogP contribution in [0.4, 0.5) is 17.6 Å². The highest BCUT2D eigenvalue weighted by Gasteiger charge is 2.33. The van der Waals surface area contributed by atoms with E-state index in [1.54, 1.807) is 0 Å². The number of ether oxygens (including phenoxy) is 1. The van der Waals surface area contributed by atoms with Gasteiger partial charge in [0, 0.05) is 4.47 Å². The summed E-state index contributed by atoms with van der Waals surface area (Å²) in [4.78, 5) is 0. The van der Waals surface area contributed by atoms with Crippen LogP contribution in [0.15, 0.2) is 40.9 Å². The highest BCUT2D eigenvalue weighted by atomic mass is 79.9. The third-order valence-electron chi connectivity index (χ3n) is 2.68. The molecule has 0 radical (unpaired) electrons. The lowest BCUT2D eigenvalue weighted by Crippen LogP contribution is -2.09. The lowest BCUT2D eigenvalue weighted by Gasteiger charge is -2.14. The Labute approximate surface area is 126 Å². The molecule has 0 saturated heterocycles. The average molecular weight is 365 g/mol. The quantitative estimate of drug-likeness (QED) is 0.785. The number of hydrogen-bond donors (Lipinski definition) is 1. The van der Waals surface area contributed by atoms with Crippen LogP contribution in [0.5, 0.6) is 11.5 Å². The second-order valence-corrected chi connectivity index (χ2v) is 5.07. The zero-order chi connectivity index (χ0) is 15.6. The third-order valence-corrected chi connectivity index (χ3v) is 3.17. The van der Waals surface area contributed by atoms with Crippen LogP contribution in [0.2, 0.25) is 0 Å². The van der Waals surface area contributed by atoms with Gasteiger partial charge in [0.2, 0.25) is 0 Å². The maximum atomic E-state index is 13.6. The summed E-state index contributed by atoms with van der Waals surface area (Å²) in [6.45, 7) is -0.748. The van der Waals surface area contributed by atoms with Gasteiger partial charge in [0.25, 0.3) is 0 Å². The molecule has 2 aromatic rings. The fourth-order valence-corrected chi connectivity index (χ4v) is 2.04. The van der Waals surface area contributed by atoms with Crippen molar-refractivity contribution in [3.05, 3.63) is 57.8 Å². The number of halogens is 5. The number of aliphatic hydroxyl groups excluding tert-OH is 1. The van der Waals surface area contributed by atoms with E-state index in [-0.39, 0.29) is 17.1 Å². The fraction of sp³-hybridized carbons (Fsp3) is 0.143. The summed E-state index contributed by atoms with van der Waals surface area (Å²) in [5.74, 6) is -1.06. The molecule has 0 saturated carbocycles. The van der Waals surface area contributed by atoms with Gasteiger partial charge in [0.1, 0.15) is 5.75 Å². The van der Waals surface area contributed by atoms with E-state index in [0.717, 1.165) is 18.2 Å². The molecule has 1 N–H and O–H groups in total. The minimum atomic E-state index is -4.63. The minimum absolute atomic E-state index is 0.166. The second-order valence-electron chi connectivity index (χ2n) is 4.15. The van der Waals surface area contributed by atoms with Crippen molar-refractivity contribution < 1.29 is 27.4 Å². The van der Waals surface area contributed by atoms with Crippen LogP contribution in [0.25, 0.3) is 0 Å². The van der Waals surface area contributed by atoms with Gasteiger partial charge in [-0.05, 0) is 35.9 Å².